The van der Waals surface area contributed by atoms with E-state index in [1.165, 1.54) is 22.4 Å². The first-order valence-electron chi connectivity index (χ1n) is 6.53. The van der Waals surface area contributed by atoms with Gasteiger partial charge in [0.05, 0.1) is 6.33 Å². The Hall–Kier alpha value is -1.89. The first-order valence-corrected chi connectivity index (χ1v) is 6.53. The molecule has 116 valence electrons. The fourth-order valence-electron chi connectivity index (χ4n) is 2.24. The van der Waals surface area contributed by atoms with Gasteiger partial charge in [0.25, 0.3) is 5.56 Å². The monoisotopic (exact) mass is 314 g/mol. The van der Waals surface area contributed by atoms with Crippen molar-refractivity contribution in [2.45, 2.75) is 32.7 Å². The number of halogens is 1. The Morgan fingerprint density at radius 3 is 2.52 bits per heavy atom. The Morgan fingerprint density at radius 1 is 1.24 bits per heavy atom. The molecule has 0 saturated heterocycles. The molecule has 0 saturated carbocycles. The molecule has 0 atom stereocenters. The fourth-order valence-corrected chi connectivity index (χ4v) is 2.24. The molecule has 0 aromatic carbocycles. The van der Waals surface area contributed by atoms with Gasteiger partial charge in [-0.1, -0.05) is 0 Å². The van der Waals surface area contributed by atoms with Gasteiger partial charge in [-0.15, -0.1) is 12.4 Å². The highest BCUT2D eigenvalue weighted by molar-refractivity contribution is 5.85. The molecular weight excluding hydrogens is 296 g/mol. The van der Waals surface area contributed by atoms with Crippen LogP contribution in [0.15, 0.2) is 15.9 Å². The number of rotatable bonds is 5. The number of fused-ring (bicyclic) bond motifs is 1. The first-order chi connectivity index (χ1) is 9.43. The van der Waals surface area contributed by atoms with Gasteiger partial charge in [-0.2, -0.15) is 0 Å². The normalized spacial score (nSPS) is 10.6. The zero-order chi connectivity index (χ0) is 14.9. The predicted octanol–water partition coefficient (Wildman–Crippen LogP) is 0.615. The van der Waals surface area contributed by atoms with Crippen molar-refractivity contribution < 1.29 is 4.79 Å². The van der Waals surface area contributed by atoms with Crippen LogP contribution >= 0.6 is 12.4 Å². The molecule has 0 bridgehead atoms. The van der Waals surface area contributed by atoms with Crippen LogP contribution in [-0.2, 0) is 25.4 Å². The number of aromatic nitrogens is 4. The molecule has 0 amide bonds. The van der Waals surface area contributed by atoms with E-state index in [9.17, 15) is 14.4 Å². The van der Waals surface area contributed by atoms with E-state index >= 15 is 0 Å². The summed E-state index contributed by atoms with van der Waals surface area (Å²) in [4.78, 5) is 39.4. The summed E-state index contributed by atoms with van der Waals surface area (Å²) in [5, 5.41) is 0. The van der Waals surface area contributed by atoms with E-state index in [1.807, 2.05) is 0 Å². The number of Topliss-reactive ketones (excluding diaryl/α,β-unsaturated/α-hetero) is 1. The maximum absolute atomic E-state index is 12.3. The van der Waals surface area contributed by atoms with Gasteiger partial charge >= 0.3 is 5.69 Å². The summed E-state index contributed by atoms with van der Waals surface area (Å²) in [6, 6.07) is 0. The van der Waals surface area contributed by atoms with Gasteiger partial charge in [0, 0.05) is 27.1 Å². The van der Waals surface area contributed by atoms with E-state index < -0.39 is 0 Å². The summed E-state index contributed by atoms with van der Waals surface area (Å²) in [7, 11) is 3.32. The fraction of sp³-hybridized carbons (Fsp3) is 0.538. The van der Waals surface area contributed by atoms with Crippen molar-refractivity contribution in [2.75, 3.05) is 0 Å². The molecule has 0 aliphatic rings. The van der Waals surface area contributed by atoms with Gasteiger partial charge in [-0.3, -0.25) is 13.9 Å². The molecule has 0 aliphatic carbocycles. The number of carbonyl (C=O) groups excluding carboxylic acids is 1. The zero-order valence-corrected chi connectivity index (χ0v) is 13.1. The third-order valence-corrected chi connectivity index (χ3v) is 3.36. The third-order valence-electron chi connectivity index (χ3n) is 3.36. The zero-order valence-electron chi connectivity index (χ0n) is 12.3. The lowest BCUT2D eigenvalue weighted by Crippen LogP contribution is -2.39. The number of unbranched alkanes of at least 4 members (excludes halogenated alkanes) is 1. The van der Waals surface area contributed by atoms with E-state index in [2.05, 4.69) is 4.98 Å². The van der Waals surface area contributed by atoms with E-state index in [1.54, 1.807) is 18.7 Å². The minimum atomic E-state index is -0.371. The molecule has 0 N–H and O–H groups in total. The maximum Gasteiger partial charge on any atom is 0.332 e. The molecule has 0 radical (unpaired) electrons. The topological polar surface area (TPSA) is 78.9 Å². The molecule has 7 nitrogen and oxygen atoms in total. The average Bonchev–Trinajstić information content (AvgIpc) is 2.77. The summed E-state index contributed by atoms with van der Waals surface area (Å²) in [6.07, 6.45) is 3.29. The molecule has 2 rings (SSSR count). The van der Waals surface area contributed by atoms with Crippen molar-refractivity contribution in [3.05, 3.63) is 27.2 Å². The Balaban J connectivity index is 0.00000220. The Labute approximate surface area is 127 Å². The van der Waals surface area contributed by atoms with Crippen LogP contribution in [0.4, 0.5) is 0 Å². The summed E-state index contributed by atoms with van der Waals surface area (Å²) >= 11 is 0. The van der Waals surface area contributed by atoms with Crippen molar-refractivity contribution in [1.29, 1.82) is 0 Å². The number of hydrogen-bond acceptors (Lipinski definition) is 4. The predicted molar refractivity (Wildman–Crippen MR) is 82.0 cm³/mol. The molecular formula is C13H19ClN4O3. The summed E-state index contributed by atoms with van der Waals surface area (Å²) in [5.74, 6) is 0.118. The number of imidazole rings is 1. The molecule has 21 heavy (non-hydrogen) atoms. The molecule has 0 aliphatic heterocycles. The van der Waals surface area contributed by atoms with Crippen LogP contribution in [0.25, 0.3) is 11.2 Å². The highest BCUT2D eigenvalue weighted by atomic mass is 35.5. The smallest absolute Gasteiger partial charge is 0.328 e. The van der Waals surface area contributed by atoms with Crippen molar-refractivity contribution in [1.82, 2.24) is 18.7 Å². The number of ketones is 1. The van der Waals surface area contributed by atoms with Gasteiger partial charge in [-0.05, 0) is 19.8 Å². The van der Waals surface area contributed by atoms with Crippen LogP contribution in [0.5, 0.6) is 0 Å². The lowest BCUT2D eigenvalue weighted by Gasteiger charge is -2.08. The minimum absolute atomic E-state index is 0. The highest BCUT2D eigenvalue weighted by Gasteiger charge is 2.14. The lowest BCUT2D eigenvalue weighted by molar-refractivity contribution is -0.117. The van der Waals surface area contributed by atoms with Crippen molar-refractivity contribution in [3.63, 3.8) is 0 Å². The SMILES string of the molecule is CC(=O)CCCCn1c(=O)c2c(ncn2C)n(C)c1=O.Cl. The standard InChI is InChI=1S/C13H18N4O3.ClH/c1-9(18)6-4-5-7-17-12(19)10-11(14-8-15(10)2)16(3)13(17)20;/h8H,4-7H2,1-3H3;1H. The van der Waals surface area contributed by atoms with Gasteiger partial charge in [0.1, 0.15) is 5.78 Å². The van der Waals surface area contributed by atoms with Crippen LogP contribution in [-0.4, -0.2) is 24.5 Å². The van der Waals surface area contributed by atoms with Crippen LogP contribution in [0.2, 0.25) is 0 Å². The van der Waals surface area contributed by atoms with Crippen LogP contribution in [0.1, 0.15) is 26.2 Å². The van der Waals surface area contributed by atoms with Crippen molar-refractivity contribution >= 4 is 29.4 Å². The second-order valence-corrected chi connectivity index (χ2v) is 4.99. The third kappa shape index (κ3) is 3.24. The van der Waals surface area contributed by atoms with E-state index in [4.69, 9.17) is 0 Å². The quantitative estimate of drug-likeness (QED) is 0.758. The second kappa shape index (κ2) is 6.71. The molecule has 2 aromatic heterocycles. The molecule has 2 heterocycles. The Bertz CT molecular complexity index is 772. The molecule has 2 aromatic rings. The number of hydrogen-bond donors (Lipinski definition) is 0. The largest absolute Gasteiger partial charge is 0.332 e. The van der Waals surface area contributed by atoms with Gasteiger partial charge in [-0.25, -0.2) is 9.78 Å². The van der Waals surface area contributed by atoms with Crippen molar-refractivity contribution in [3.8, 4) is 0 Å². The van der Waals surface area contributed by atoms with Crippen LogP contribution in [0, 0.1) is 0 Å². The minimum Gasteiger partial charge on any atom is -0.328 e. The van der Waals surface area contributed by atoms with Crippen LogP contribution < -0.4 is 11.2 Å². The Kier molecular flexibility index (Phi) is 5.48. The maximum atomic E-state index is 12.3. The second-order valence-electron chi connectivity index (χ2n) is 4.99. The van der Waals surface area contributed by atoms with E-state index in [-0.39, 0.29) is 29.4 Å². The number of nitrogens with zero attached hydrogens (tertiary/aromatic N) is 4. The van der Waals surface area contributed by atoms with Gasteiger partial charge in [0.15, 0.2) is 11.2 Å². The number of aryl methyl sites for hydroxylation is 2. The van der Waals surface area contributed by atoms with Gasteiger partial charge in [0.2, 0.25) is 0 Å². The molecule has 0 fully saturated rings. The lowest BCUT2D eigenvalue weighted by atomic mass is 10.2. The van der Waals surface area contributed by atoms with E-state index in [0.717, 1.165) is 0 Å². The number of carbonyl (C=O) groups is 1. The molecule has 8 heteroatoms. The average molecular weight is 315 g/mol. The Morgan fingerprint density at radius 2 is 1.90 bits per heavy atom. The summed E-state index contributed by atoms with van der Waals surface area (Å²) in [6.45, 7) is 1.85. The molecule has 0 unspecified atom stereocenters. The van der Waals surface area contributed by atoms with Crippen molar-refractivity contribution in [2.24, 2.45) is 14.1 Å². The van der Waals surface area contributed by atoms with E-state index in [0.29, 0.717) is 37.0 Å². The summed E-state index contributed by atoms with van der Waals surface area (Å²) in [5.41, 5.74) is 0.108. The van der Waals surface area contributed by atoms with Gasteiger partial charge < -0.3 is 9.36 Å². The summed E-state index contributed by atoms with van der Waals surface area (Å²) < 4.78 is 4.20. The first kappa shape index (κ1) is 17.2. The van der Waals surface area contributed by atoms with Crippen LogP contribution in [0.3, 0.4) is 0 Å². The highest BCUT2D eigenvalue weighted by Crippen LogP contribution is 2.04. The molecule has 0 spiro atoms.